The van der Waals surface area contributed by atoms with Crippen LogP contribution in [0, 0.1) is 19.8 Å². The highest BCUT2D eigenvalue weighted by Gasteiger charge is 2.36. The molecular weight excluding hydrogens is 494 g/mol. The van der Waals surface area contributed by atoms with Crippen LogP contribution in [0.3, 0.4) is 0 Å². The van der Waals surface area contributed by atoms with Gasteiger partial charge in [0.2, 0.25) is 11.8 Å². The van der Waals surface area contributed by atoms with Gasteiger partial charge in [-0.3, -0.25) is 14.4 Å². The summed E-state index contributed by atoms with van der Waals surface area (Å²) >= 11 is 1.57. The van der Waals surface area contributed by atoms with Crippen molar-refractivity contribution >= 4 is 46.5 Å². The maximum Gasteiger partial charge on any atom is 0.259 e. The van der Waals surface area contributed by atoms with E-state index in [-0.39, 0.29) is 30.2 Å². The summed E-state index contributed by atoms with van der Waals surface area (Å²) in [7, 11) is 0. The number of hydrogen-bond donors (Lipinski definition) is 1. The van der Waals surface area contributed by atoms with Crippen LogP contribution in [0.1, 0.15) is 53.6 Å². The third-order valence-corrected chi connectivity index (χ3v) is 9.15. The van der Waals surface area contributed by atoms with Gasteiger partial charge in [-0.25, -0.2) is 0 Å². The SMILES string of the molecule is Cc1ccc(N2C[C@H](C(=O)Nc3ccc4c(c3)Sc3ccccc3C(=O)N4C3CCCC3)CC2=O)cc1C. The molecule has 38 heavy (non-hydrogen) atoms. The minimum absolute atomic E-state index is 0.0341. The summed E-state index contributed by atoms with van der Waals surface area (Å²) in [5.41, 5.74) is 5.44. The molecule has 7 heteroatoms. The zero-order valence-electron chi connectivity index (χ0n) is 21.7. The van der Waals surface area contributed by atoms with Crippen LogP contribution in [0.15, 0.2) is 70.5 Å². The minimum Gasteiger partial charge on any atom is -0.326 e. The first-order valence-electron chi connectivity index (χ1n) is 13.3. The van der Waals surface area contributed by atoms with Gasteiger partial charge in [-0.05, 0) is 80.3 Å². The molecule has 2 heterocycles. The van der Waals surface area contributed by atoms with E-state index in [1.807, 2.05) is 79.4 Å². The van der Waals surface area contributed by atoms with Gasteiger partial charge in [-0.2, -0.15) is 0 Å². The molecular formula is C31H31N3O3S. The monoisotopic (exact) mass is 525 g/mol. The van der Waals surface area contributed by atoms with Crippen LogP contribution < -0.4 is 15.1 Å². The van der Waals surface area contributed by atoms with Gasteiger partial charge in [0, 0.05) is 40.2 Å². The normalized spacial score (nSPS) is 19.4. The van der Waals surface area contributed by atoms with Gasteiger partial charge in [0.15, 0.2) is 0 Å². The number of carbonyl (C=O) groups excluding carboxylic acids is 3. The first-order valence-corrected chi connectivity index (χ1v) is 14.1. The van der Waals surface area contributed by atoms with E-state index in [2.05, 4.69) is 5.32 Å². The third-order valence-electron chi connectivity index (χ3n) is 8.03. The third kappa shape index (κ3) is 4.49. The molecule has 194 valence electrons. The molecule has 3 amide bonds. The Morgan fingerprint density at radius 3 is 2.50 bits per heavy atom. The maximum atomic E-state index is 13.6. The van der Waals surface area contributed by atoms with Crippen LogP contribution in [-0.2, 0) is 9.59 Å². The van der Waals surface area contributed by atoms with Crippen molar-refractivity contribution in [3.63, 3.8) is 0 Å². The molecule has 1 N–H and O–H groups in total. The molecule has 0 spiro atoms. The average Bonchev–Trinajstić information content (AvgIpc) is 3.55. The van der Waals surface area contributed by atoms with E-state index in [0.29, 0.717) is 12.2 Å². The number of aryl methyl sites for hydroxylation is 2. The number of amides is 3. The Balaban J connectivity index is 1.24. The van der Waals surface area contributed by atoms with Crippen LogP contribution >= 0.6 is 11.8 Å². The standard InChI is InChI=1S/C31H31N3O3S/c1-19-11-13-24(15-20(19)2)33-18-21(16-29(33)35)30(36)32-22-12-14-26-28(17-22)38-27-10-6-5-9-25(27)31(37)34(26)23-7-3-4-8-23/h5-6,9-15,17,21,23H,3-4,7-8,16,18H2,1-2H3,(H,32,36)/t21-/m1/s1. The van der Waals surface area contributed by atoms with E-state index < -0.39 is 5.92 Å². The topological polar surface area (TPSA) is 69.7 Å². The fourth-order valence-corrected chi connectivity index (χ4v) is 6.86. The van der Waals surface area contributed by atoms with Crippen molar-refractivity contribution in [1.82, 2.24) is 0 Å². The number of nitrogens with zero attached hydrogens (tertiary/aromatic N) is 2. The van der Waals surface area contributed by atoms with Crippen LogP contribution in [0.2, 0.25) is 0 Å². The van der Waals surface area contributed by atoms with E-state index in [1.165, 1.54) is 5.56 Å². The first-order chi connectivity index (χ1) is 18.4. The highest BCUT2D eigenvalue weighted by Crippen LogP contribution is 2.45. The Labute approximate surface area is 227 Å². The number of nitrogens with one attached hydrogen (secondary N) is 1. The minimum atomic E-state index is -0.423. The largest absolute Gasteiger partial charge is 0.326 e. The molecule has 3 aliphatic rings. The number of rotatable bonds is 4. The molecule has 6 nitrogen and oxygen atoms in total. The fourth-order valence-electron chi connectivity index (χ4n) is 5.76. The highest BCUT2D eigenvalue weighted by molar-refractivity contribution is 7.99. The summed E-state index contributed by atoms with van der Waals surface area (Å²) in [5.74, 6) is -0.570. The molecule has 6 rings (SSSR count). The van der Waals surface area contributed by atoms with Crippen molar-refractivity contribution in [3.05, 3.63) is 77.4 Å². The lowest BCUT2D eigenvalue weighted by Crippen LogP contribution is -2.39. The molecule has 3 aromatic carbocycles. The number of anilines is 3. The molecule has 1 atom stereocenters. The molecule has 0 radical (unpaired) electrons. The molecule has 2 fully saturated rings. The summed E-state index contributed by atoms with van der Waals surface area (Å²) in [6.45, 7) is 4.44. The Morgan fingerprint density at radius 2 is 1.71 bits per heavy atom. The quantitative estimate of drug-likeness (QED) is 0.431. The van der Waals surface area contributed by atoms with Gasteiger partial charge in [0.25, 0.3) is 5.91 Å². The van der Waals surface area contributed by atoms with Crippen LogP contribution in [-0.4, -0.2) is 30.3 Å². The Kier molecular flexibility index (Phi) is 6.48. The molecule has 1 aliphatic carbocycles. The predicted molar refractivity (Wildman–Crippen MR) is 151 cm³/mol. The summed E-state index contributed by atoms with van der Waals surface area (Å²) in [6.07, 6.45) is 4.46. The molecule has 1 saturated carbocycles. The van der Waals surface area contributed by atoms with E-state index in [4.69, 9.17) is 0 Å². The van der Waals surface area contributed by atoms with Crippen molar-refractivity contribution in [2.75, 3.05) is 21.7 Å². The van der Waals surface area contributed by atoms with Crippen LogP contribution in [0.5, 0.6) is 0 Å². The smallest absolute Gasteiger partial charge is 0.259 e. The maximum absolute atomic E-state index is 13.6. The van der Waals surface area contributed by atoms with Gasteiger partial charge in [0.1, 0.15) is 0 Å². The van der Waals surface area contributed by atoms with Crippen molar-refractivity contribution in [1.29, 1.82) is 0 Å². The lowest BCUT2D eigenvalue weighted by atomic mass is 10.1. The summed E-state index contributed by atoms with van der Waals surface area (Å²) in [5, 5.41) is 3.05. The van der Waals surface area contributed by atoms with Gasteiger partial charge >= 0.3 is 0 Å². The second kappa shape index (κ2) is 9.95. The number of benzene rings is 3. The summed E-state index contributed by atoms with van der Waals surface area (Å²) in [4.78, 5) is 45.3. The molecule has 1 saturated heterocycles. The lowest BCUT2D eigenvalue weighted by Gasteiger charge is -2.29. The second-order valence-corrected chi connectivity index (χ2v) is 11.6. The van der Waals surface area contributed by atoms with E-state index in [9.17, 15) is 14.4 Å². The zero-order valence-corrected chi connectivity index (χ0v) is 22.5. The molecule has 2 aliphatic heterocycles. The Morgan fingerprint density at radius 1 is 0.921 bits per heavy atom. The van der Waals surface area contributed by atoms with Crippen molar-refractivity contribution in [3.8, 4) is 0 Å². The van der Waals surface area contributed by atoms with Gasteiger partial charge in [0.05, 0.1) is 17.2 Å². The molecule has 0 unspecified atom stereocenters. The van der Waals surface area contributed by atoms with E-state index in [0.717, 1.165) is 58.0 Å². The zero-order chi connectivity index (χ0) is 26.4. The van der Waals surface area contributed by atoms with E-state index in [1.54, 1.807) is 16.7 Å². The Bertz CT molecular complexity index is 1450. The average molecular weight is 526 g/mol. The van der Waals surface area contributed by atoms with Crippen molar-refractivity contribution in [2.45, 2.75) is 61.8 Å². The molecule has 0 bridgehead atoms. The van der Waals surface area contributed by atoms with Gasteiger partial charge in [-0.15, -0.1) is 0 Å². The fraction of sp³-hybridized carbons (Fsp3) is 0.323. The molecule has 0 aromatic heterocycles. The van der Waals surface area contributed by atoms with Crippen LogP contribution in [0.25, 0.3) is 0 Å². The van der Waals surface area contributed by atoms with Crippen molar-refractivity contribution < 1.29 is 14.4 Å². The van der Waals surface area contributed by atoms with E-state index >= 15 is 0 Å². The van der Waals surface area contributed by atoms with Gasteiger partial charge in [-0.1, -0.05) is 42.8 Å². The number of carbonyl (C=O) groups is 3. The highest BCUT2D eigenvalue weighted by atomic mass is 32.2. The molecule has 3 aromatic rings. The summed E-state index contributed by atoms with van der Waals surface area (Å²) in [6, 6.07) is 19.7. The number of hydrogen-bond acceptors (Lipinski definition) is 4. The second-order valence-electron chi connectivity index (χ2n) is 10.6. The Hall–Kier alpha value is -3.58. The number of fused-ring (bicyclic) bond motifs is 2. The van der Waals surface area contributed by atoms with Crippen molar-refractivity contribution in [2.24, 2.45) is 5.92 Å². The predicted octanol–water partition coefficient (Wildman–Crippen LogP) is 6.35. The first kappa shape index (κ1) is 24.7. The summed E-state index contributed by atoms with van der Waals surface area (Å²) < 4.78 is 0. The lowest BCUT2D eigenvalue weighted by molar-refractivity contribution is -0.122. The van der Waals surface area contributed by atoms with Gasteiger partial charge < -0.3 is 15.1 Å². The van der Waals surface area contributed by atoms with Crippen LogP contribution in [0.4, 0.5) is 17.1 Å².